The molecule has 4 nitrogen and oxygen atoms in total. The van der Waals surface area contributed by atoms with Gasteiger partial charge in [-0.25, -0.2) is 0 Å². The van der Waals surface area contributed by atoms with Gasteiger partial charge >= 0.3 is 0 Å². The molecule has 0 spiro atoms. The lowest BCUT2D eigenvalue weighted by Gasteiger charge is -2.09. The Kier molecular flexibility index (Phi) is 6.63. The van der Waals surface area contributed by atoms with Gasteiger partial charge in [0.15, 0.2) is 0 Å². The Balaban J connectivity index is 0.000000210. The van der Waals surface area contributed by atoms with Crippen molar-refractivity contribution in [2.24, 2.45) is 0 Å². The Morgan fingerprint density at radius 2 is 1.06 bits per heavy atom. The molecule has 31 heavy (non-hydrogen) atoms. The second kappa shape index (κ2) is 9.73. The predicted octanol–water partition coefficient (Wildman–Crippen LogP) is 6.33. The Labute approximate surface area is 185 Å². The van der Waals surface area contributed by atoms with Crippen LogP contribution in [-0.2, 0) is 0 Å². The van der Waals surface area contributed by atoms with Crippen molar-refractivity contribution < 1.29 is 0 Å². The van der Waals surface area contributed by atoms with Gasteiger partial charge < -0.3 is 0 Å². The fourth-order valence-corrected chi connectivity index (χ4v) is 3.40. The van der Waals surface area contributed by atoms with E-state index in [0.29, 0.717) is 21.7 Å². The van der Waals surface area contributed by atoms with Gasteiger partial charge in [-0.15, -0.1) is 0 Å². The molecule has 0 saturated carbocycles. The molecule has 0 aliphatic carbocycles. The summed E-state index contributed by atoms with van der Waals surface area (Å²) in [5, 5.41) is 38.1. The Hall–Kier alpha value is -4.61. The molecule has 0 aliphatic heterocycles. The number of fused-ring (bicyclic) bond motifs is 1. The minimum Gasteiger partial charge on any atom is -0.192 e. The first-order valence-corrected chi connectivity index (χ1v) is 9.52. The van der Waals surface area contributed by atoms with Crippen LogP contribution in [0.25, 0.3) is 21.9 Å². The third-order valence-corrected chi connectivity index (χ3v) is 4.94. The van der Waals surface area contributed by atoms with Gasteiger partial charge in [-0.05, 0) is 34.5 Å². The van der Waals surface area contributed by atoms with Crippen molar-refractivity contribution in [2.75, 3.05) is 0 Å². The van der Waals surface area contributed by atoms with Gasteiger partial charge in [-0.1, -0.05) is 72.3 Å². The van der Waals surface area contributed by atoms with Crippen molar-refractivity contribution in [3.63, 3.8) is 0 Å². The highest BCUT2D eigenvalue weighted by Crippen LogP contribution is 2.31. The third kappa shape index (κ3) is 4.37. The SMILES string of the molecule is N#Cc1cccc(-c2cccc3ccccc23)c1C#N.N#Cc1cccc(Cl)c1C#N. The van der Waals surface area contributed by atoms with E-state index in [1.54, 1.807) is 24.3 Å². The molecule has 0 amide bonds. The van der Waals surface area contributed by atoms with Gasteiger partial charge in [0.2, 0.25) is 0 Å². The van der Waals surface area contributed by atoms with E-state index in [-0.39, 0.29) is 5.56 Å². The minimum absolute atomic E-state index is 0.247. The van der Waals surface area contributed by atoms with Crippen LogP contribution in [0.2, 0.25) is 5.02 Å². The van der Waals surface area contributed by atoms with Crippen molar-refractivity contribution in [1.29, 1.82) is 21.0 Å². The number of nitriles is 4. The number of rotatable bonds is 1. The molecule has 4 aromatic rings. The van der Waals surface area contributed by atoms with E-state index in [4.69, 9.17) is 27.4 Å². The zero-order valence-electron chi connectivity index (χ0n) is 16.2. The molecule has 0 saturated heterocycles. The van der Waals surface area contributed by atoms with Gasteiger partial charge in [0.25, 0.3) is 0 Å². The molecule has 5 heteroatoms. The lowest BCUT2D eigenvalue weighted by molar-refractivity contribution is 1.43. The van der Waals surface area contributed by atoms with Crippen molar-refractivity contribution in [3.8, 4) is 35.4 Å². The van der Waals surface area contributed by atoms with Crippen LogP contribution in [0, 0.1) is 45.3 Å². The van der Waals surface area contributed by atoms with Crippen LogP contribution in [0.5, 0.6) is 0 Å². The highest BCUT2D eigenvalue weighted by Gasteiger charge is 2.11. The topological polar surface area (TPSA) is 95.2 Å². The van der Waals surface area contributed by atoms with Crippen LogP contribution < -0.4 is 0 Å². The van der Waals surface area contributed by atoms with Gasteiger partial charge in [0.05, 0.1) is 27.3 Å². The number of halogens is 1. The van der Waals surface area contributed by atoms with Crippen LogP contribution in [0.4, 0.5) is 0 Å². The summed E-state index contributed by atoms with van der Waals surface area (Å²) in [6.45, 7) is 0. The Morgan fingerprint density at radius 3 is 1.71 bits per heavy atom. The molecule has 0 unspecified atom stereocenters. The van der Waals surface area contributed by atoms with E-state index in [1.165, 1.54) is 0 Å². The first-order valence-electron chi connectivity index (χ1n) is 9.14. The summed E-state index contributed by atoms with van der Waals surface area (Å²) in [5.74, 6) is 0. The van der Waals surface area contributed by atoms with Crippen LogP contribution in [0.3, 0.4) is 0 Å². The summed E-state index contributed by atoms with van der Waals surface area (Å²) < 4.78 is 0. The summed E-state index contributed by atoms with van der Waals surface area (Å²) in [5.41, 5.74) is 3.21. The van der Waals surface area contributed by atoms with E-state index in [1.807, 2.05) is 66.7 Å². The third-order valence-electron chi connectivity index (χ3n) is 4.62. The number of nitrogens with zero attached hydrogens (tertiary/aromatic N) is 4. The lowest BCUT2D eigenvalue weighted by Crippen LogP contribution is -1.90. The number of hydrogen-bond donors (Lipinski definition) is 0. The normalized spacial score (nSPS) is 9.32. The zero-order valence-corrected chi connectivity index (χ0v) is 16.9. The summed E-state index contributed by atoms with van der Waals surface area (Å²) in [6.07, 6.45) is 0. The van der Waals surface area contributed by atoms with Crippen molar-refractivity contribution >= 4 is 22.4 Å². The second-order valence-corrected chi connectivity index (χ2v) is 6.77. The largest absolute Gasteiger partial charge is 0.192 e. The molecule has 4 aromatic carbocycles. The molecule has 0 radical (unpaired) electrons. The maximum atomic E-state index is 9.36. The molecule has 0 aliphatic rings. The first-order chi connectivity index (χ1) is 15.1. The summed E-state index contributed by atoms with van der Waals surface area (Å²) in [7, 11) is 0. The number of hydrogen-bond acceptors (Lipinski definition) is 4. The molecular weight excluding hydrogens is 404 g/mol. The van der Waals surface area contributed by atoms with E-state index in [0.717, 1.165) is 21.9 Å². The minimum atomic E-state index is 0.247. The van der Waals surface area contributed by atoms with Gasteiger partial charge in [0.1, 0.15) is 24.3 Å². The average molecular weight is 417 g/mol. The molecule has 0 bridgehead atoms. The fourth-order valence-electron chi connectivity index (χ4n) is 3.18. The molecule has 4 rings (SSSR count). The van der Waals surface area contributed by atoms with Crippen LogP contribution >= 0.6 is 11.6 Å². The Morgan fingerprint density at radius 1 is 0.516 bits per heavy atom. The maximum absolute atomic E-state index is 9.36. The van der Waals surface area contributed by atoms with Gasteiger partial charge in [-0.3, -0.25) is 0 Å². The second-order valence-electron chi connectivity index (χ2n) is 6.36. The quantitative estimate of drug-likeness (QED) is 0.362. The smallest absolute Gasteiger partial charge is 0.102 e. The average Bonchev–Trinajstić information content (AvgIpc) is 2.83. The molecule has 0 N–H and O–H groups in total. The molecule has 0 atom stereocenters. The molecular formula is C26H13ClN4. The van der Waals surface area contributed by atoms with E-state index >= 15 is 0 Å². The predicted molar refractivity (Wildman–Crippen MR) is 120 cm³/mol. The zero-order chi connectivity index (χ0) is 22.2. The van der Waals surface area contributed by atoms with Crippen LogP contribution in [0.15, 0.2) is 78.9 Å². The fraction of sp³-hybridized carbons (Fsp3) is 0. The number of benzene rings is 4. The Bertz CT molecular complexity index is 1440. The lowest BCUT2D eigenvalue weighted by atomic mass is 9.93. The van der Waals surface area contributed by atoms with Gasteiger partial charge in [0, 0.05) is 5.56 Å². The van der Waals surface area contributed by atoms with E-state index < -0.39 is 0 Å². The van der Waals surface area contributed by atoms with Crippen LogP contribution in [-0.4, -0.2) is 0 Å². The van der Waals surface area contributed by atoms with E-state index in [2.05, 4.69) is 12.1 Å². The highest BCUT2D eigenvalue weighted by molar-refractivity contribution is 6.31. The molecule has 0 fully saturated rings. The standard InChI is InChI=1S/C18H10N2.C8H3ClN2/c19-11-14-7-4-10-17(18(14)12-20)16-9-3-6-13-5-1-2-8-15(13)16;9-8-3-1-2-6(4-10)7(8)5-11/h1-10H;1-3H. The van der Waals surface area contributed by atoms with E-state index in [9.17, 15) is 5.26 Å². The van der Waals surface area contributed by atoms with Crippen molar-refractivity contribution in [2.45, 2.75) is 0 Å². The monoisotopic (exact) mass is 416 g/mol. The summed E-state index contributed by atoms with van der Waals surface area (Å²) in [4.78, 5) is 0. The highest BCUT2D eigenvalue weighted by atomic mass is 35.5. The van der Waals surface area contributed by atoms with Crippen molar-refractivity contribution in [3.05, 3.63) is 106 Å². The molecule has 0 heterocycles. The van der Waals surface area contributed by atoms with Crippen molar-refractivity contribution in [1.82, 2.24) is 0 Å². The van der Waals surface area contributed by atoms with Gasteiger partial charge in [-0.2, -0.15) is 21.0 Å². The first kappa shape index (κ1) is 21.1. The summed E-state index contributed by atoms with van der Waals surface area (Å²) >= 11 is 5.63. The summed E-state index contributed by atoms with van der Waals surface area (Å²) in [6, 6.07) is 32.2. The maximum Gasteiger partial charge on any atom is 0.102 e. The molecule has 0 aromatic heterocycles. The molecule has 144 valence electrons. The van der Waals surface area contributed by atoms with Crippen LogP contribution in [0.1, 0.15) is 22.3 Å².